The number of aryl methyl sites for hydroxylation is 2. The SMILES string of the molecule is Cc1ccc(OCC(=O)Nc2ccc(NCc3cccc(C)c3)cn2)cc1. The van der Waals surface area contributed by atoms with Gasteiger partial charge in [0.1, 0.15) is 11.6 Å². The van der Waals surface area contributed by atoms with Crippen LogP contribution < -0.4 is 15.4 Å². The molecule has 5 heteroatoms. The quantitative estimate of drug-likeness (QED) is 0.657. The molecule has 0 unspecified atom stereocenters. The van der Waals surface area contributed by atoms with Crippen molar-refractivity contribution in [2.24, 2.45) is 0 Å². The summed E-state index contributed by atoms with van der Waals surface area (Å²) in [5, 5.41) is 6.05. The molecule has 3 aromatic rings. The van der Waals surface area contributed by atoms with Gasteiger partial charge in [0, 0.05) is 6.54 Å². The van der Waals surface area contributed by atoms with Crippen LogP contribution in [0.2, 0.25) is 0 Å². The van der Waals surface area contributed by atoms with E-state index in [-0.39, 0.29) is 12.5 Å². The van der Waals surface area contributed by atoms with Gasteiger partial charge >= 0.3 is 0 Å². The van der Waals surface area contributed by atoms with E-state index in [0.717, 1.165) is 17.8 Å². The van der Waals surface area contributed by atoms with Crippen molar-refractivity contribution in [1.29, 1.82) is 0 Å². The van der Waals surface area contributed by atoms with Gasteiger partial charge in [0.25, 0.3) is 5.91 Å². The first kappa shape index (κ1) is 18.5. The van der Waals surface area contributed by atoms with Crippen LogP contribution in [-0.4, -0.2) is 17.5 Å². The molecule has 5 nitrogen and oxygen atoms in total. The Hall–Kier alpha value is -3.34. The van der Waals surface area contributed by atoms with Crippen LogP contribution in [0.1, 0.15) is 16.7 Å². The van der Waals surface area contributed by atoms with Gasteiger partial charge in [-0.05, 0) is 43.7 Å². The summed E-state index contributed by atoms with van der Waals surface area (Å²) < 4.78 is 5.46. The molecule has 0 bridgehead atoms. The summed E-state index contributed by atoms with van der Waals surface area (Å²) in [6.45, 7) is 4.74. The molecular formula is C22H23N3O2. The Kier molecular flexibility index (Phi) is 6.05. The van der Waals surface area contributed by atoms with Crippen LogP contribution in [0, 0.1) is 13.8 Å². The van der Waals surface area contributed by atoms with E-state index >= 15 is 0 Å². The predicted molar refractivity (Wildman–Crippen MR) is 108 cm³/mol. The topological polar surface area (TPSA) is 63.2 Å². The number of anilines is 2. The highest BCUT2D eigenvalue weighted by atomic mass is 16.5. The van der Waals surface area contributed by atoms with E-state index < -0.39 is 0 Å². The van der Waals surface area contributed by atoms with Crippen LogP contribution in [0.3, 0.4) is 0 Å². The van der Waals surface area contributed by atoms with Crippen molar-refractivity contribution in [3.05, 3.63) is 83.6 Å². The Labute approximate surface area is 159 Å². The molecule has 27 heavy (non-hydrogen) atoms. The highest BCUT2D eigenvalue weighted by molar-refractivity contribution is 5.91. The zero-order chi connectivity index (χ0) is 19.1. The van der Waals surface area contributed by atoms with E-state index in [1.165, 1.54) is 11.1 Å². The lowest BCUT2D eigenvalue weighted by atomic mass is 10.1. The number of carbonyl (C=O) groups is 1. The van der Waals surface area contributed by atoms with Crippen LogP contribution in [0.4, 0.5) is 11.5 Å². The summed E-state index contributed by atoms with van der Waals surface area (Å²) in [6, 6.07) is 19.6. The molecule has 2 aromatic carbocycles. The smallest absolute Gasteiger partial charge is 0.263 e. The van der Waals surface area contributed by atoms with Gasteiger partial charge in [-0.2, -0.15) is 0 Å². The average molecular weight is 361 g/mol. The molecule has 0 spiro atoms. The maximum Gasteiger partial charge on any atom is 0.263 e. The van der Waals surface area contributed by atoms with Gasteiger partial charge in [0.05, 0.1) is 11.9 Å². The van der Waals surface area contributed by atoms with Gasteiger partial charge in [0.2, 0.25) is 0 Å². The van der Waals surface area contributed by atoms with Gasteiger partial charge in [-0.1, -0.05) is 47.5 Å². The fourth-order valence-corrected chi connectivity index (χ4v) is 2.56. The number of hydrogen-bond donors (Lipinski definition) is 2. The number of hydrogen-bond acceptors (Lipinski definition) is 4. The number of nitrogens with one attached hydrogen (secondary N) is 2. The first-order valence-electron chi connectivity index (χ1n) is 8.83. The number of carbonyl (C=O) groups excluding carboxylic acids is 1. The Morgan fingerprint density at radius 2 is 1.81 bits per heavy atom. The molecule has 138 valence electrons. The molecule has 0 atom stereocenters. The van der Waals surface area contributed by atoms with Gasteiger partial charge < -0.3 is 15.4 Å². The summed E-state index contributed by atoms with van der Waals surface area (Å²) in [5.74, 6) is 0.913. The van der Waals surface area contributed by atoms with Crippen molar-refractivity contribution in [2.75, 3.05) is 17.2 Å². The first-order chi connectivity index (χ1) is 13.1. The number of benzene rings is 2. The third-order valence-corrected chi connectivity index (χ3v) is 4.00. The summed E-state index contributed by atoms with van der Waals surface area (Å²) in [7, 11) is 0. The van der Waals surface area contributed by atoms with Crippen molar-refractivity contribution in [3.8, 4) is 5.75 Å². The lowest BCUT2D eigenvalue weighted by Crippen LogP contribution is -2.20. The van der Waals surface area contributed by atoms with Crippen LogP contribution >= 0.6 is 0 Å². The lowest BCUT2D eigenvalue weighted by molar-refractivity contribution is -0.118. The minimum Gasteiger partial charge on any atom is -0.484 e. The molecule has 0 radical (unpaired) electrons. The molecule has 3 rings (SSSR count). The van der Waals surface area contributed by atoms with Gasteiger partial charge in [0.15, 0.2) is 6.61 Å². The molecule has 0 saturated heterocycles. The Bertz CT molecular complexity index is 890. The largest absolute Gasteiger partial charge is 0.484 e. The van der Waals surface area contributed by atoms with E-state index in [0.29, 0.717) is 11.6 Å². The molecule has 0 saturated carbocycles. The van der Waals surface area contributed by atoms with Crippen LogP contribution in [0.15, 0.2) is 66.9 Å². The monoisotopic (exact) mass is 361 g/mol. The Morgan fingerprint density at radius 3 is 2.52 bits per heavy atom. The zero-order valence-electron chi connectivity index (χ0n) is 15.5. The van der Waals surface area contributed by atoms with Crippen LogP contribution in [-0.2, 0) is 11.3 Å². The summed E-state index contributed by atoms with van der Waals surface area (Å²) in [6.07, 6.45) is 1.70. The van der Waals surface area contributed by atoms with Crippen LogP contribution in [0.5, 0.6) is 5.75 Å². The summed E-state index contributed by atoms with van der Waals surface area (Å²) >= 11 is 0. The van der Waals surface area contributed by atoms with E-state index in [4.69, 9.17) is 4.74 Å². The minimum absolute atomic E-state index is 0.0574. The molecule has 0 aliphatic heterocycles. The highest BCUT2D eigenvalue weighted by Gasteiger charge is 2.05. The number of pyridine rings is 1. The zero-order valence-corrected chi connectivity index (χ0v) is 15.5. The normalized spacial score (nSPS) is 10.3. The van der Waals surface area contributed by atoms with Crippen molar-refractivity contribution >= 4 is 17.4 Å². The molecule has 0 aliphatic rings. The lowest BCUT2D eigenvalue weighted by Gasteiger charge is -2.09. The molecule has 1 aromatic heterocycles. The molecule has 1 amide bonds. The molecule has 0 aliphatic carbocycles. The maximum absolute atomic E-state index is 12.0. The van der Waals surface area contributed by atoms with Crippen molar-refractivity contribution in [1.82, 2.24) is 4.98 Å². The van der Waals surface area contributed by atoms with Crippen LogP contribution in [0.25, 0.3) is 0 Å². The average Bonchev–Trinajstić information content (AvgIpc) is 2.67. The molecule has 0 fully saturated rings. The fourth-order valence-electron chi connectivity index (χ4n) is 2.56. The van der Waals surface area contributed by atoms with E-state index in [1.807, 2.05) is 43.3 Å². The molecule has 2 N–H and O–H groups in total. The number of rotatable bonds is 7. The van der Waals surface area contributed by atoms with Crippen molar-refractivity contribution in [3.63, 3.8) is 0 Å². The summed E-state index contributed by atoms with van der Waals surface area (Å²) in [4.78, 5) is 16.3. The fraction of sp³-hybridized carbons (Fsp3) is 0.182. The Morgan fingerprint density at radius 1 is 1.00 bits per heavy atom. The highest BCUT2D eigenvalue weighted by Crippen LogP contribution is 2.13. The number of nitrogens with zero attached hydrogens (tertiary/aromatic N) is 1. The maximum atomic E-state index is 12.0. The second-order valence-corrected chi connectivity index (χ2v) is 6.42. The predicted octanol–water partition coefficient (Wildman–Crippen LogP) is 4.33. The van der Waals surface area contributed by atoms with Gasteiger partial charge in [-0.3, -0.25) is 4.79 Å². The third-order valence-electron chi connectivity index (χ3n) is 4.00. The van der Waals surface area contributed by atoms with Gasteiger partial charge in [-0.25, -0.2) is 4.98 Å². The number of aromatic nitrogens is 1. The third kappa shape index (κ3) is 5.85. The first-order valence-corrected chi connectivity index (χ1v) is 8.83. The van der Waals surface area contributed by atoms with E-state index in [1.54, 1.807) is 12.3 Å². The molecular weight excluding hydrogens is 338 g/mol. The molecule has 1 heterocycles. The second kappa shape index (κ2) is 8.85. The second-order valence-electron chi connectivity index (χ2n) is 6.42. The van der Waals surface area contributed by atoms with E-state index in [2.05, 4.69) is 40.7 Å². The standard InChI is InChI=1S/C22H23N3O2/c1-16-6-9-20(10-7-16)27-15-22(26)25-21-11-8-19(14-24-21)23-13-18-5-3-4-17(2)12-18/h3-12,14,23H,13,15H2,1-2H3,(H,24,25,26). The van der Waals surface area contributed by atoms with E-state index in [9.17, 15) is 4.79 Å². The Balaban J connectivity index is 1.46. The van der Waals surface area contributed by atoms with Crippen molar-refractivity contribution < 1.29 is 9.53 Å². The van der Waals surface area contributed by atoms with Crippen molar-refractivity contribution in [2.45, 2.75) is 20.4 Å². The van der Waals surface area contributed by atoms with Gasteiger partial charge in [-0.15, -0.1) is 0 Å². The summed E-state index contributed by atoms with van der Waals surface area (Å²) in [5.41, 5.74) is 4.48. The number of amides is 1. The number of ether oxygens (including phenoxy) is 1. The minimum atomic E-state index is -0.247.